The largest absolute Gasteiger partial charge is 0.366 e. The summed E-state index contributed by atoms with van der Waals surface area (Å²) in [6.07, 6.45) is 0. The SMILES string of the molecule is CC(=NC(=O)c1c(C)[nH]n2c(=O)cc(-c3ccc(Cl)cc3)nc12)N(C)C. The predicted octanol–water partition coefficient (Wildman–Crippen LogP) is 2.77. The van der Waals surface area contributed by atoms with Crippen LogP contribution in [-0.4, -0.2) is 45.3 Å². The molecule has 0 spiro atoms. The Labute approximate surface area is 154 Å². The molecule has 3 rings (SSSR count). The van der Waals surface area contributed by atoms with E-state index in [0.717, 1.165) is 5.56 Å². The van der Waals surface area contributed by atoms with Crippen LogP contribution in [0, 0.1) is 6.92 Å². The van der Waals surface area contributed by atoms with Gasteiger partial charge in [-0.3, -0.25) is 14.7 Å². The fourth-order valence-corrected chi connectivity index (χ4v) is 2.60. The second-order valence-corrected chi connectivity index (χ2v) is 6.55. The molecule has 1 aromatic carbocycles. The number of benzene rings is 1. The van der Waals surface area contributed by atoms with Crippen LogP contribution in [0.2, 0.25) is 5.02 Å². The van der Waals surface area contributed by atoms with E-state index >= 15 is 0 Å². The Morgan fingerprint density at radius 1 is 1.27 bits per heavy atom. The van der Waals surface area contributed by atoms with E-state index in [4.69, 9.17) is 11.6 Å². The maximum Gasteiger partial charge on any atom is 0.284 e. The second-order valence-electron chi connectivity index (χ2n) is 6.12. The zero-order chi connectivity index (χ0) is 19.0. The van der Waals surface area contributed by atoms with E-state index in [1.54, 1.807) is 57.1 Å². The summed E-state index contributed by atoms with van der Waals surface area (Å²) < 4.78 is 1.25. The second kappa shape index (κ2) is 6.76. The molecule has 2 heterocycles. The Bertz CT molecular complexity index is 1080. The van der Waals surface area contributed by atoms with E-state index in [0.29, 0.717) is 22.2 Å². The molecule has 1 N–H and O–H groups in total. The first kappa shape index (κ1) is 17.9. The Morgan fingerprint density at radius 2 is 1.92 bits per heavy atom. The molecule has 3 aromatic rings. The molecule has 0 aliphatic rings. The molecule has 0 saturated carbocycles. The van der Waals surface area contributed by atoms with Crippen molar-refractivity contribution in [2.24, 2.45) is 4.99 Å². The lowest BCUT2D eigenvalue weighted by atomic mass is 10.1. The first-order valence-electron chi connectivity index (χ1n) is 7.93. The van der Waals surface area contributed by atoms with Gasteiger partial charge in [0.05, 0.1) is 5.69 Å². The smallest absolute Gasteiger partial charge is 0.284 e. The highest BCUT2D eigenvalue weighted by Gasteiger charge is 2.20. The summed E-state index contributed by atoms with van der Waals surface area (Å²) in [7, 11) is 3.60. The Balaban J connectivity index is 2.20. The monoisotopic (exact) mass is 371 g/mol. The molecule has 0 unspecified atom stereocenters. The summed E-state index contributed by atoms with van der Waals surface area (Å²) in [5.41, 5.74) is 1.95. The van der Waals surface area contributed by atoms with Gasteiger partial charge in [-0.1, -0.05) is 23.7 Å². The van der Waals surface area contributed by atoms with Gasteiger partial charge in [-0.15, -0.1) is 0 Å². The van der Waals surface area contributed by atoms with Gasteiger partial charge >= 0.3 is 0 Å². The van der Waals surface area contributed by atoms with Crippen LogP contribution in [0.5, 0.6) is 0 Å². The van der Waals surface area contributed by atoms with E-state index in [-0.39, 0.29) is 16.8 Å². The highest BCUT2D eigenvalue weighted by Crippen LogP contribution is 2.21. The van der Waals surface area contributed by atoms with Gasteiger partial charge in [0.25, 0.3) is 11.5 Å². The molecule has 0 saturated heterocycles. The molecular formula is C18H18ClN5O2. The summed E-state index contributed by atoms with van der Waals surface area (Å²) in [6, 6.07) is 8.40. The van der Waals surface area contributed by atoms with Crippen molar-refractivity contribution in [2.75, 3.05) is 14.1 Å². The van der Waals surface area contributed by atoms with Gasteiger partial charge in [0.2, 0.25) is 0 Å². The van der Waals surface area contributed by atoms with E-state index < -0.39 is 5.91 Å². The third-order valence-corrected chi connectivity index (χ3v) is 4.31. The maximum absolute atomic E-state index is 12.7. The Kier molecular flexibility index (Phi) is 4.65. The number of H-pyrrole nitrogens is 1. The van der Waals surface area contributed by atoms with Crippen LogP contribution in [0.25, 0.3) is 16.9 Å². The van der Waals surface area contributed by atoms with Crippen LogP contribution in [0.1, 0.15) is 23.0 Å². The van der Waals surface area contributed by atoms with Crippen LogP contribution in [0.15, 0.2) is 40.1 Å². The van der Waals surface area contributed by atoms with Gasteiger partial charge in [-0.25, -0.2) is 9.50 Å². The molecule has 26 heavy (non-hydrogen) atoms. The van der Waals surface area contributed by atoms with E-state index in [9.17, 15) is 9.59 Å². The lowest BCUT2D eigenvalue weighted by Gasteiger charge is -2.10. The van der Waals surface area contributed by atoms with Crippen molar-refractivity contribution < 1.29 is 4.79 Å². The molecule has 1 amide bonds. The van der Waals surface area contributed by atoms with Gasteiger partial charge in [-0.2, -0.15) is 4.99 Å². The van der Waals surface area contributed by atoms with Crippen LogP contribution < -0.4 is 5.56 Å². The van der Waals surface area contributed by atoms with Crippen molar-refractivity contribution in [1.82, 2.24) is 19.5 Å². The third kappa shape index (κ3) is 3.25. The number of aliphatic imine (C=N–C) groups is 1. The summed E-state index contributed by atoms with van der Waals surface area (Å²) >= 11 is 5.91. The number of halogens is 1. The molecule has 0 aliphatic carbocycles. The number of nitrogens with one attached hydrogen (secondary N) is 1. The first-order chi connectivity index (χ1) is 12.3. The number of aryl methyl sites for hydroxylation is 1. The number of carbonyl (C=O) groups is 1. The highest BCUT2D eigenvalue weighted by molar-refractivity contribution is 6.30. The maximum atomic E-state index is 12.7. The molecule has 0 radical (unpaired) electrons. The summed E-state index contributed by atoms with van der Waals surface area (Å²) in [4.78, 5) is 35.5. The standard InChI is InChI=1S/C18H18ClN5O2/c1-10-16(18(26)20-11(2)23(3)4)17-21-14(9-15(25)24(17)22-10)12-5-7-13(19)8-6-12/h5-9,22H,1-4H3. The highest BCUT2D eigenvalue weighted by atomic mass is 35.5. The number of rotatable bonds is 2. The van der Waals surface area contributed by atoms with Crippen LogP contribution in [0.3, 0.4) is 0 Å². The Morgan fingerprint density at radius 3 is 2.54 bits per heavy atom. The van der Waals surface area contributed by atoms with Crippen molar-refractivity contribution in [3.8, 4) is 11.3 Å². The van der Waals surface area contributed by atoms with E-state index in [1.807, 2.05) is 0 Å². The van der Waals surface area contributed by atoms with Crippen molar-refractivity contribution in [3.05, 3.63) is 57.0 Å². The molecule has 2 aromatic heterocycles. The van der Waals surface area contributed by atoms with Crippen LogP contribution in [-0.2, 0) is 0 Å². The average molecular weight is 372 g/mol. The van der Waals surface area contributed by atoms with Gasteiger partial charge in [0.1, 0.15) is 11.4 Å². The van der Waals surface area contributed by atoms with E-state index in [2.05, 4.69) is 15.1 Å². The lowest BCUT2D eigenvalue weighted by Crippen LogP contribution is -2.20. The molecule has 0 atom stereocenters. The van der Waals surface area contributed by atoms with Gasteiger partial charge in [-0.05, 0) is 26.0 Å². The first-order valence-corrected chi connectivity index (χ1v) is 8.31. The number of carbonyl (C=O) groups excluding carboxylic acids is 1. The molecule has 7 nitrogen and oxygen atoms in total. The number of amides is 1. The number of amidine groups is 1. The number of hydrogen-bond acceptors (Lipinski definition) is 3. The van der Waals surface area contributed by atoms with Gasteiger partial charge in [0, 0.05) is 36.4 Å². The molecule has 0 aliphatic heterocycles. The molecule has 0 bridgehead atoms. The van der Waals surface area contributed by atoms with E-state index in [1.165, 1.54) is 10.6 Å². The number of aromatic amines is 1. The summed E-state index contributed by atoms with van der Waals surface area (Å²) in [5, 5.41) is 3.47. The molecular weight excluding hydrogens is 354 g/mol. The number of hydrogen-bond donors (Lipinski definition) is 1. The topological polar surface area (TPSA) is 82.8 Å². The average Bonchev–Trinajstić information content (AvgIpc) is 2.92. The minimum atomic E-state index is -0.451. The zero-order valence-electron chi connectivity index (χ0n) is 14.9. The van der Waals surface area contributed by atoms with Gasteiger partial charge < -0.3 is 4.90 Å². The third-order valence-electron chi connectivity index (χ3n) is 4.06. The predicted molar refractivity (Wildman–Crippen MR) is 102 cm³/mol. The van der Waals surface area contributed by atoms with Crippen molar-refractivity contribution >= 4 is 29.0 Å². The zero-order valence-corrected chi connectivity index (χ0v) is 15.6. The molecule has 0 fully saturated rings. The number of fused-ring (bicyclic) bond motifs is 1. The van der Waals surface area contributed by atoms with Crippen molar-refractivity contribution in [1.29, 1.82) is 0 Å². The van der Waals surface area contributed by atoms with Crippen LogP contribution >= 0.6 is 11.6 Å². The summed E-state index contributed by atoms with van der Waals surface area (Å²) in [6.45, 7) is 3.45. The number of aromatic nitrogens is 3. The van der Waals surface area contributed by atoms with Gasteiger partial charge in [0.15, 0.2) is 5.65 Å². The quantitative estimate of drug-likeness (QED) is 0.554. The summed E-state index contributed by atoms with van der Waals surface area (Å²) in [5.74, 6) is 0.109. The Hall–Kier alpha value is -2.93. The van der Waals surface area contributed by atoms with Crippen molar-refractivity contribution in [2.45, 2.75) is 13.8 Å². The molecule has 8 heteroatoms. The lowest BCUT2D eigenvalue weighted by molar-refractivity contribution is 0.100. The van der Waals surface area contributed by atoms with Crippen molar-refractivity contribution in [3.63, 3.8) is 0 Å². The minimum Gasteiger partial charge on any atom is -0.366 e. The molecule has 134 valence electrons. The fourth-order valence-electron chi connectivity index (χ4n) is 2.48. The normalized spacial score (nSPS) is 11.8. The number of nitrogens with zero attached hydrogens (tertiary/aromatic N) is 4. The van der Waals surface area contributed by atoms with Crippen LogP contribution in [0.4, 0.5) is 0 Å². The fraction of sp³-hybridized carbons (Fsp3) is 0.222. The minimum absolute atomic E-state index is 0.250.